The molecule has 0 radical (unpaired) electrons. The van der Waals surface area contributed by atoms with Gasteiger partial charge in [0.05, 0.1) is 15.9 Å². The van der Waals surface area contributed by atoms with Crippen LogP contribution in [-0.2, 0) is 0 Å². The van der Waals surface area contributed by atoms with E-state index in [0.29, 0.717) is 26.8 Å². The Hall–Kier alpha value is -2.10. The summed E-state index contributed by atoms with van der Waals surface area (Å²) >= 11 is 12.4. The summed E-state index contributed by atoms with van der Waals surface area (Å²) in [6.45, 7) is 1.91. The molecule has 3 nitrogen and oxygen atoms in total. The van der Waals surface area contributed by atoms with Gasteiger partial charge in [-0.05, 0) is 36.3 Å². The molecular weight excluding hydrogens is 319 g/mol. The second-order valence-corrected chi connectivity index (χ2v) is 5.71. The lowest BCUT2D eigenvalue weighted by Gasteiger charge is -2.05. The van der Waals surface area contributed by atoms with Crippen LogP contribution in [0.5, 0.6) is 0 Å². The third-order valence-electron chi connectivity index (χ3n) is 3.35. The molecule has 22 heavy (non-hydrogen) atoms. The molecular formula is C17H12Cl2N2O. The van der Waals surface area contributed by atoms with Gasteiger partial charge in [-0.3, -0.25) is 4.79 Å². The molecule has 2 aromatic carbocycles. The molecule has 3 rings (SSSR count). The van der Waals surface area contributed by atoms with Gasteiger partial charge in [0.25, 0.3) is 5.56 Å². The minimum atomic E-state index is -0.214. The molecule has 0 saturated heterocycles. The van der Waals surface area contributed by atoms with Crippen molar-refractivity contribution in [1.29, 1.82) is 0 Å². The van der Waals surface area contributed by atoms with Crippen LogP contribution in [0.15, 0.2) is 47.3 Å². The van der Waals surface area contributed by atoms with Crippen molar-refractivity contribution in [2.24, 2.45) is 0 Å². The Labute approximate surface area is 137 Å². The first kappa shape index (κ1) is 14.8. The summed E-state index contributed by atoms with van der Waals surface area (Å²) < 4.78 is 0. The molecule has 0 fully saturated rings. The number of benzene rings is 2. The van der Waals surface area contributed by atoms with E-state index >= 15 is 0 Å². The minimum absolute atomic E-state index is 0.214. The van der Waals surface area contributed by atoms with E-state index in [9.17, 15) is 4.79 Å². The highest BCUT2D eigenvalue weighted by Gasteiger charge is 2.09. The van der Waals surface area contributed by atoms with E-state index in [1.165, 1.54) is 0 Å². The van der Waals surface area contributed by atoms with Crippen molar-refractivity contribution < 1.29 is 0 Å². The molecule has 0 atom stereocenters. The number of H-pyrrole nitrogens is 1. The fraction of sp³-hybridized carbons (Fsp3) is 0.0588. The van der Waals surface area contributed by atoms with Crippen molar-refractivity contribution in [3.63, 3.8) is 0 Å². The largest absolute Gasteiger partial charge is 0.305 e. The zero-order valence-corrected chi connectivity index (χ0v) is 13.2. The Kier molecular flexibility index (Phi) is 4.01. The highest BCUT2D eigenvalue weighted by molar-refractivity contribution is 6.51. The van der Waals surface area contributed by atoms with Crippen LogP contribution in [0.4, 0.5) is 0 Å². The summed E-state index contributed by atoms with van der Waals surface area (Å²) in [6.07, 6.45) is 1.69. The molecule has 1 N–H and O–H groups in total. The number of fused-ring (bicyclic) bond motifs is 1. The van der Waals surface area contributed by atoms with Gasteiger partial charge in [0.2, 0.25) is 0 Å². The van der Waals surface area contributed by atoms with Gasteiger partial charge in [0.15, 0.2) is 5.82 Å². The van der Waals surface area contributed by atoms with Crippen LogP contribution >= 0.6 is 23.2 Å². The van der Waals surface area contributed by atoms with Crippen LogP contribution in [-0.4, -0.2) is 9.97 Å². The van der Waals surface area contributed by atoms with Crippen LogP contribution in [0.3, 0.4) is 0 Å². The summed E-state index contributed by atoms with van der Waals surface area (Å²) in [6, 6.07) is 12.8. The van der Waals surface area contributed by atoms with Crippen molar-refractivity contribution >= 4 is 45.2 Å². The molecule has 3 aromatic rings. The van der Waals surface area contributed by atoms with Gasteiger partial charge in [-0.1, -0.05) is 53.5 Å². The van der Waals surface area contributed by atoms with E-state index in [-0.39, 0.29) is 5.56 Å². The first-order valence-corrected chi connectivity index (χ1v) is 7.43. The first-order chi connectivity index (χ1) is 10.6. The molecule has 0 aliphatic rings. The minimum Gasteiger partial charge on any atom is -0.305 e. The average Bonchev–Trinajstić information content (AvgIpc) is 2.50. The number of aromatic nitrogens is 2. The number of rotatable bonds is 2. The molecule has 0 unspecified atom stereocenters. The molecule has 0 aliphatic heterocycles. The van der Waals surface area contributed by atoms with E-state index in [1.807, 2.05) is 37.3 Å². The Morgan fingerprint density at radius 3 is 2.73 bits per heavy atom. The third kappa shape index (κ3) is 2.78. The van der Waals surface area contributed by atoms with E-state index in [1.54, 1.807) is 18.2 Å². The molecule has 0 aliphatic carbocycles. The average molecular weight is 331 g/mol. The van der Waals surface area contributed by atoms with Gasteiger partial charge < -0.3 is 4.98 Å². The summed E-state index contributed by atoms with van der Waals surface area (Å²) in [5.41, 5.74) is 2.12. The molecule has 1 aromatic heterocycles. The normalized spacial score (nSPS) is 11.9. The van der Waals surface area contributed by atoms with Gasteiger partial charge in [0.1, 0.15) is 0 Å². The van der Waals surface area contributed by atoms with Crippen LogP contribution < -0.4 is 5.56 Å². The maximum Gasteiger partial charge on any atom is 0.259 e. The van der Waals surface area contributed by atoms with E-state index in [2.05, 4.69) is 9.97 Å². The van der Waals surface area contributed by atoms with Gasteiger partial charge in [-0.2, -0.15) is 0 Å². The molecule has 0 amide bonds. The molecule has 5 heteroatoms. The quantitative estimate of drug-likeness (QED) is 0.745. The van der Waals surface area contributed by atoms with Crippen molar-refractivity contribution in [3.8, 4) is 0 Å². The predicted octanol–water partition coefficient (Wildman–Crippen LogP) is 4.62. The highest BCUT2D eigenvalue weighted by Crippen LogP contribution is 2.24. The molecule has 110 valence electrons. The lowest BCUT2D eigenvalue weighted by molar-refractivity contribution is 1.13. The molecule has 1 heterocycles. The lowest BCUT2D eigenvalue weighted by atomic mass is 10.1. The number of nitrogens with one attached hydrogen (secondary N) is 1. The third-order valence-corrected chi connectivity index (χ3v) is 3.98. The number of aryl methyl sites for hydroxylation is 1. The fourth-order valence-electron chi connectivity index (χ4n) is 2.22. The number of para-hydroxylation sites is 1. The van der Waals surface area contributed by atoms with Gasteiger partial charge in [-0.15, -0.1) is 0 Å². The number of aromatic amines is 1. The topological polar surface area (TPSA) is 45.8 Å². The molecule has 0 spiro atoms. The number of halogens is 2. The summed E-state index contributed by atoms with van der Waals surface area (Å²) in [5.74, 6) is 0.327. The van der Waals surface area contributed by atoms with Crippen LogP contribution in [0.1, 0.15) is 17.0 Å². The summed E-state index contributed by atoms with van der Waals surface area (Å²) in [7, 11) is 0. The maximum absolute atomic E-state index is 12.2. The monoisotopic (exact) mass is 330 g/mol. The zero-order chi connectivity index (χ0) is 15.7. The lowest BCUT2D eigenvalue weighted by Crippen LogP contribution is -2.11. The number of hydrogen-bond acceptors (Lipinski definition) is 2. The van der Waals surface area contributed by atoms with E-state index < -0.39 is 0 Å². The Balaban J connectivity index is 2.16. The smallest absolute Gasteiger partial charge is 0.259 e. The Bertz CT molecular complexity index is 945. The van der Waals surface area contributed by atoms with Crippen molar-refractivity contribution in [1.82, 2.24) is 9.97 Å². The second-order valence-electron chi connectivity index (χ2n) is 4.90. The molecule has 0 bridgehead atoms. The van der Waals surface area contributed by atoms with Crippen molar-refractivity contribution in [3.05, 3.63) is 74.8 Å². The van der Waals surface area contributed by atoms with Gasteiger partial charge in [-0.25, -0.2) is 4.98 Å². The van der Waals surface area contributed by atoms with Crippen molar-refractivity contribution in [2.75, 3.05) is 0 Å². The van der Waals surface area contributed by atoms with E-state index in [0.717, 1.165) is 11.1 Å². The predicted molar refractivity (Wildman–Crippen MR) is 92.3 cm³/mol. The summed E-state index contributed by atoms with van der Waals surface area (Å²) in [5, 5.41) is 1.46. The first-order valence-electron chi connectivity index (χ1n) is 6.68. The zero-order valence-electron chi connectivity index (χ0n) is 11.7. The van der Waals surface area contributed by atoms with Crippen LogP contribution in [0.25, 0.3) is 22.0 Å². The maximum atomic E-state index is 12.2. The van der Waals surface area contributed by atoms with Gasteiger partial charge >= 0.3 is 0 Å². The fourth-order valence-corrected chi connectivity index (χ4v) is 2.61. The highest BCUT2D eigenvalue weighted by atomic mass is 35.5. The second kappa shape index (κ2) is 5.95. The standard InChI is InChI=1S/C17H12Cl2N2O/c1-10-5-4-7-12-15(10)20-16(21-17(12)22)14(19)9-11-6-2-3-8-13(11)18/h2-9H,1H3,(H,20,21,22)/b14-9-. The SMILES string of the molecule is Cc1cccc2c(=O)[nH]c(/C(Cl)=C/c3ccccc3Cl)nc12. The Morgan fingerprint density at radius 1 is 1.18 bits per heavy atom. The molecule has 0 saturated carbocycles. The Morgan fingerprint density at radius 2 is 1.95 bits per heavy atom. The van der Waals surface area contributed by atoms with E-state index in [4.69, 9.17) is 23.2 Å². The van der Waals surface area contributed by atoms with Crippen LogP contribution in [0, 0.1) is 6.92 Å². The number of hydrogen-bond donors (Lipinski definition) is 1. The van der Waals surface area contributed by atoms with Crippen molar-refractivity contribution in [2.45, 2.75) is 6.92 Å². The van der Waals surface area contributed by atoms with Gasteiger partial charge in [0, 0.05) is 5.02 Å². The summed E-state index contributed by atoms with van der Waals surface area (Å²) in [4.78, 5) is 19.3. The van der Waals surface area contributed by atoms with Crippen LogP contribution in [0.2, 0.25) is 5.02 Å². The number of nitrogens with zero attached hydrogens (tertiary/aromatic N) is 1.